The average molecular weight is 256 g/mol. The number of hydrogen-bond acceptors (Lipinski definition) is 2. The fourth-order valence-electron chi connectivity index (χ4n) is 2.70. The molecule has 3 heteroatoms. The lowest BCUT2D eigenvalue weighted by Gasteiger charge is -2.27. The Hall–Kier alpha value is -1.82. The van der Waals surface area contributed by atoms with Crippen LogP contribution in [-0.2, 0) is 0 Å². The van der Waals surface area contributed by atoms with Gasteiger partial charge in [0.1, 0.15) is 0 Å². The van der Waals surface area contributed by atoms with E-state index in [1.54, 1.807) is 0 Å². The lowest BCUT2D eigenvalue weighted by molar-refractivity contribution is 0.0922. The zero-order chi connectivity index (χ0) is 13.7. The second-order valence-corrected chi connectivity index (χ2v) is 5.42. The maximum atomic E-state index is 12.1. The third-order valence-corrected chi connectivity index (χ3v) is 3.84. The quantitative estimate of drug-likeness (QED) is 0.903. The Morgan fingerprint density at radius 3 is 2.74 bits per heavy atom. The standard InChI is InChI=1S/C16H20N2O/c1-12-3-2-4-14(11-12)16(19)18-15-7-5-13(6-8-15)9-10-17/h2-4,11,13,15H,5-9H2,1H3,(H,18,19). The smallest absolute Gasteiger partial charge is 0.251 e. The van der Waals surface area contributed by atoms with Crippen molar-refractivity contribution in [3.8, 4) is 6.07 Å². The molecule has 1 aromatic rings. The third-order valence-electron chi connectivity index (χ3n) is 3.84. The van der Waals surface area contributed by atoms with Crippen LogP contribution in [0.5, 0.6) is 0 Å². The lowest BCUT2D eigenvalue weighted by atomic mass is 9.84. The first-order chi connectivity index (χ1) is 9.19. The van der Waals surface area contributed by atoms with E-state index in [4.69, 9.17) is 5.26 Å². The molecule has 0 aliphatic heterocycles. The number of carbonyl (C=O) groups is 1. The van der Waals surface area contributed by atoms with E-state index in [0.29, 0.717) is 12.3 Å². The summed E-state index contributed by atoms with van der Waals surface area (Å²) in [6, 6.07) is 10.2. The number of nitrogens with one attached hydrogen (secondary N) is 1. The van der Waals surface area contributed by atoms with Gasteiger partial charge in [0.15, 0.2) is 0 Å². The maximum Gasteiger partial charge on any atom is 0.251 e. The van der Waals surface area contributed by atoms with E-state index in [1.165, 1.54) is 0 Å². The maximum absolute atomic E-state index is 12.1. The molecule has 3 nitrogen and oxygen atoms in total. The van der Waals surface area contributed by atoms with Gasteiger partial charge < -0.3 is 5.32 Å². The van der Waals surface area contributed by atoms with Crippen LogP contribution in [0.15, 0.2) is 24.3 Å². The monoisotopic (exact) mass is 256 g/mol. The molecular formula is C16H20N2O. The lowest BCUT2D eigenvalue weighted by Crippen LogP contribution is -2.37. The highest BCUT2D eigenvalue weighted by atomic mass is 16.1. The molecule has 100 valence electrons. The van der Waals surface area contributed by atoms with Gasteiger partial charge in [-0.15, -0.1) is 0 Å². The molecule has 0 bridgehead atoms. The Kier molecular flexibility index (Phi) is 4.57. The summed E-state index contributed by atoms with van der Waals surface area (Å²) >= 11 is 0. The normalized spacial score (nSPS) is 22.5. The molecule has 1 amide bonds. The minimum Gasteiger partial charge on any atom is -0.349 e. The van der Waals surface area contributed by atoms with Gasteiger partial charge in [-0.05, 0) is 50.7 Å². The molecule has 1 aromatic carbocycles. The van der Waals surface area contributed by atoms with Gasteiger partial charge in [-0.1, -0.05) is 17.7 Å². The second-order valence-electron chi connectivity index (χ2n) is 5.42. The Balaban J connectivity index is 1.86. The molecule has 2 rings (SSSR count). The number of nitrogens with zero attached hydrogens (tertiary/aromatic N) is 1. The highest BCUT2D eigenvalue weighted by molar-refractivity contribution is 5.94. The van der Waals surface area contributed by atoms with Crippen molar-refractivity contribution in [1.29, 1.82) is 5.26 Å². The van der Waals surface area contributed by atoms with Crippen molar-refractivity contribution in [3.05, 3.63) is 35.4 Å². The van der Waals surface area contributed by atoms with Gasteiger partial charge in [-0.3, -0.25) is 4.79 Å². The highest BCUT2D eigenvalue weighted by Crippen LogP contribution is 2.26. The van der Waals surface area contributed by atoms with Crippen molar-refractivity contribution in [3.63, 3.8) is 0 Å². The number of benzene rings is 1. The Labute approximate surface area is 114 Å². The first-order valence-electron chi connectivity index (χ1n) is 6.93. The van der Waals surface area contributed by atoms with Gasteiger partial charge in [0.25, 0.3) is 5.91 Å². The molecule has 1 aliphatic carbocycles. The summed E-state index contributed by atoms with van der Waals surface area (Å²) < 4.78 is 0. The molecule has 0 radical (unpaired) electrons. The van der Waals surface area contributed by atoms with Crippen molar-refractivity contribution in [1.82, 2.24) is 5.32 Å². The van der Waals surface area contributed by atoms with Crippen LogP contribution in [0.4, 0.5) is 0 Å². The van der Waals surface area contributed by atoms with Gasteiger partial charge in [-0.2, -0.15) is 5.26 Å². The molecule has 1 saturated carbocycles. The molecule has 0 atom stereocenters. The van der Waals surface area contributed by atoms with Crippen LogP contribution < -0.4 is 5.32 Å². The van der Waals surface area contributed by atoms with E-state index in [0.717, 1.165) is 36.8 Å². The molecule has 1 aliphatic rings. The second kappa shape index (κ2) is 6.38. The summed E-state index contributed by atoms with van der Waals surface area (Å²) in [5.41, 5.74) is 1.84. The van der Waals surface area contributed by atoms with Crippen LogP contribution in [0.25, 0.3) is 0 Å². The van der Waals surface area contributed by atoms with Gasteiger partial charge >= 0.3 is 0 Å². The van der Waals surface area contributed by atoms with E-state index >= 15 is 0 Å². The topological polar surface area (TPSA) is 52.9 Å². The first-order valence-corrected chi connectivity index (χ1v) is 6.93. The van der Waals surface area contributed by atoms with Crippen LogP contribution in [0.2, 0.25) is 0 Å². The van der Waals surface area contributed by atoms with Crippen LogP contribution >= 0.6 is 0 Å². The summed E-state index contributed by atoms with van der Waals surface area (Å²) in [6.45, 7) is 1.99. The fourth-order valence-corrected chi connectivity index (χ4v) is 2.70. The third kappa shape index (κ3) is 3.82. The van der Waals surface area contributed by atoms with E-state index in [-0.39, 0.29) is 11.9 Å². The molecule has 0 unspecified atom stereocenters. The van der Waals surface area contributed by atoms with Crippen LogP contribution in [0.1, 0.15) is 48.0 Å². The molecule has 0 aromatic heterocycles. The van der Waals surface area contributed by atoms with Crippen molar-refractivity contribution >= 4 is 5.91 Å². The number of hydrogen-bond donors (Lipinski definition) is 1. The zero-order valence-electron chi connectivity index (χ0n) is 11.4. The van der Waals surface area contributed by atoms with Gasteiger partial charge in [-0.25, -0.2) is 0 Å². The van der Waals surface area contributed by atoms with Crippen LogP contribution in [0.3, 0.4) is 0 Å². The predicted molar refractivity (Wildman–Crippen MR) is 74.6 cm³/mol. The van der Waals surface area contributed by atoms with Crippen molar-refractivity contribution in [2.75, 3.05) is 0 Å². The van der Waals surface area contributed by atoms with Gasteiger partial charge in [0.05, 0.1) is 6.07 Å². The average Bonchev–Trinajstić information content (AvgIpc) is 2.41. The van der Waals surface area contributed by atoms with E-state index < -0.39 is 0 Å². The molecule has 0 spiro atoms. The molecule has 0 saturated heterocycles. The molecule has 19 heavy (non-hydrogen) atoms. The molecule has 1 N–H and O–H groups in total. The molecule has 0 heterocycles. The van der Waals surface area contributed by atoms with E-state index in [1.807, 2.05) is 31.2 Å². The predicted octanol–water partition coefficient (Wildman–Crippen LogP) is 3.20. The van der Waals surface area contributed by atoms with Crippen molar-refractivity contribution in [2.45, 2.75) is 45.1 Å². The van der Waals surface area contributed by atoms with Crippen molar-refractivity contribution in [2.24, 2.45) is 5.92 Å². The highest BCUT2D eigenvalue weighted by Gasteiger charge is 2.22. The van der Waals surface area contributed by atoms with Gasteiger partial charge in [0, 0.05) is 18.0 Å². The van der Waals surface area contributed by atoms with Crippen molar-refractivity contribution < 1.29 is 4.79 Å². The summed E-state index contributed by atoms with van der Waals surface area (Å²) in [4.78, 5) is 12.1. The minimum atomic E-state index is 0.0208. The number of carbonyl (C=O) groups excluding carboxylic acids is 1. The molecular weight excluding hydrogens is 236 g/mol. The SMILES string of the molecule is Cc1cccc(C(=O)NC2CCC(CC#N)CC2)c1. The Bertz CT molecular complexity index is 482. The summed E-state index contributed by atoms with van der Waals surface area (Å²) in [7, 11) is 0. The number of nitriles is 1. The zero-order valence-corrected chi connectivity index (χ0v) is 11.4. The number of aryl methyl sites for hydroxylation is 1. The van der Waals surface area contributed by atoms with Crippen LogP contribution in [-0.4, -0.2) is 11.9 Å². The fraction of sp³-hybridized carbons (Fsp3) is 0.500. The number of rotatable bonds is 3. The molecule has 1 fully saturated rings. The summed E-state index contributed by atoms with van der Waals surface area (Å²) in [6.07, 6.45) is 4.73. The van der Waals surface area contributed by atoms with E-state index in [2.05, 4.69) is 11.4 Å². The largest absolute Gasteiger partial charge is 0.349 e. The van der Waals surface area contributed by atoms with Gasteiger partial charge in [0.2, 0.25) is 0 Å². The Morgan fingerprint density at radius 1 is 1.37 bits per heavy atom. The van der Waals surface area contributed by atoms with Crippen LogP contribution in [0, 0.1) is 24.2 Å². The first kappa shape index (κ1) is 13.6. The Morgan fingerprint density at radius 2 is 2.11 bits per heavy atom. The minimum absolute atomic E-state index is 0.0208. The summed E-state index contributed by atoms with van der Waals surface area (Å²) in [5.74, 6) is 0.546. The summed E-state index contributed by atoms with van der Waals surface area (Å²) in [5, 5.41) is 11.8. The number of amides is 1. The van der Waals surface area contributed by atoms with E-state index in [9.17, 15) is 4.79 Å².